The van der Waals surface area contributed by atoms with Crippen LogP contribution in [0.1, 0.15) is 32.1 Å². The number of carboxylic acid groups (broad SMARTS) is 1. The molecule has 524 valence electrons. The highest BCUT2D eigenvalue weighted by Gasteiger charge is 2.19. The number of carboxylic acids is 1. The third kappa shape index (κ3) is 74.2. The molecule has 2 amide bonds. The lowest BCUT2D eigenvalue weighted by molar-refractivity contribution is -0.142. The van der Waals surface area contributed by atoms with Crippen LogP contribution in [0.2, 0.25) is 0 Å². The summed E-state index contributed by atoms with van der Waals surface area (Å²) < 4.78 is 130. The van der Waals surface area contributed by atoms with Gasteiger partial charge in [0, 0.05) is 33.6 Å². The highest BCUT2D eigenvalue weighted by Crippen LogP contribution is 2.03. The summed E-state index contributed by atoms with van der Waals surface area (Å²) in [5.41, 5.74) is 0. The van der Waals surface area contributed by atoms with Gasteiger partial charge in [-0.3, -0.25) is 9.59 Å². The molecule has 88 heavy (non-hydrogen) atoms. The lowest BCUT2D eigenvalue weighted by Gasteiger charge is -2.15. The number of carbonyl (C=O) groups is 3. The van der Waals surface area contributed by atoms with Crippen molar-refractivity contribution in [3.63, 3.8) is 0 Å². The summed E-state index contributed by atoms with van der Waals surface area (Å²) in [7, 11) is 3.27. The number of ether oxygens (including phenoxy) is 24. The van der Waals surface area contributed by atoms with Gasteiger partial charge in [0.25, 0.3) is 0 Å². The second kappa shape index (κ2) is 76.9. The summed E-state index contributed by atoms with van der Waals surface area (Å²) in [6.07, 6.45) is 1.47. The van der Waals surface area contributed by atoms with E-state index in [1.807, 2.05) is 0 Å². The van der Waals surface area contributed by atoms with Crippen LogP contribution in [0.25, 0.3) is 0 Å². The minimum absolute atomic E-state index is 0.0106. The summed E-state index contributed by atoms with van der Waals surface area (Å²) in [4.78, 5) is 36.2. The number of amides is 2. The minimum atomic E-state index is -1.12. The Balaban J connectivity index is 3.38. The second-order valence-electron chi connectivity index (χ2n) is 18.3. The molecular weight excluding hydrogens is 1170 g/mol. The van der Waals surface area contributed by atoms with Crippen LogP contribution in [0, 0.1) is 0 Å². The zero-order valence-corrected chi connectivity index (χ0v) is 53.3. The van der Waals surface area contributed by atoms with Crippen molar-refractivity contribution >= 4 is 17.8 Å². The Kier molecular flexibility index (Phi) is 74.7. The van der Waals surface area contributed by atoms with Crippen molar-refractivity contribution in [3.05, 3.63) is 0 Å². The molecule has 0 bridgehead atoms. The Morgan fingerprint density at radius 1 is 0.261 bits per heavy atom. The maximum atomic E-state index is 12.3. The molecule has 0 saturated heterocycles. The van der Waals surface area contributed by atoms with Gasteiger partial charge in [-0.1, -0.05) is 0 Å². The van der Waals surface area contributed by atoms with Gasteiger partial charge in [-0.05, 0) is 19.3 Å². The highest BCUT2D eigenvalue weighted by atomic mass is 16.6. The van der Waals surface area contributed by atoms with E-state index in [1.54, 1.807) is 14.2 Å². The van der Waals surface area contributed by atoms with E-state index in [1.165, 1.54) is 0 Å². The van der Waals surface area contributed by atoms with Gasteiger partial charge < -0.3 is 129 Å². The Morgan fingerprint density at radius 3 is 0.636 bits per heavy atom. The summed E-state index contributed by atoms with van der Waals surface area (Å²) in [5, 5.41) is 14.9. The van der Waals surface area contributed by atoms with E-state index in [2.05, 4.69) is 10.6 Å². The first-order valence-corrected chi connectivity index (χ1v) is 31.0. The third-order valence-corrected chi connectivity index (χ3v) is 11.1. The normalized spacial score (nSPS) is 11.9. The molecule has 0 aromatic heterocycles. The van der Waals surface area contributed by atoms with Crippen molar-refractivity contribution in [1.82, 2.24) is 10.6 Å². The molecule has 0 heterocycles. The molecule has 0 aromatic rings. The second-order valence-corrected chi connectivity index (χ2v) is 18.3. The summed E-state index contributed by atoms with van der Waals surface area (Å²) >= 11 is 0. The Hall–Kier alpha value is -2.55. The fourth-order valence-corrected chi connectivity index (χ4v) is 6.53. The quantitative estimate of drug-likeness (QED) is 0.0689. The van der Waals surface area contributed by atoms with Gasteiger partial charge in [0.1, 0.15) is 6.04 Å². The number of hydrogen-bond donors (Lipinski definition) is 3. The first-order chi connectivity index (χ1) is 43.5. The predicted molar refractivity (Wildman–Crippen MR) is 317 cm³/mol. The fraction of sp³-hybridized carbons (Fsp3) is 0.948. The molecule has 0 rings (SSSR count). The molecule has 0 saturated carbocycles. The van der Waals surface area contributed by atoms with Crippen molar-refractivity contribution in [2.45, 2.75) is 38.1 Å². The highest BCUT2D eigenvalue weighted by molar-refractivity contribution is 5.83. The van der Waals surface area contributed by atoms with Crippen molar-refractivity contribution in [2.24, 2.45) is 0 Å². The zero-order chi connectivity index (χ0) is 63.5. The molecule has 1 atom stereocenters. The first kappa shape index (κ1) is 85.5. The van der Waals surface area contributed by atoms with Crippen LogP contribution >= 0.6 is 0 Å². The van der Waals surface area contributed by atoms with E-state index in [9.17, 15) is 19.5 Å². The molecule has 0 aliphatic heterocycles. The molecular formula is C58H114N2O28. The largest absolute Gasteiger partial charge is 0.480 e. The molecule has 0 aliphatic carbocycles. The lowest BCUT2D eigenvalue weighted by Crippen LogP contribution is -2.41. The number of hydrogen-bond acceptors (Lipinski definition) is 27. The molecule has 0 radical (unpaired) electrons. The van der Waals surface area contributed by atoms with Gasteiger partial charge in [0.15, 0.2) is 0 Å². The van der Waals surface area contributed by atoms with E-state index >= 15 is 0 Å². The lowest BCUT2D eigenvalue weighted by atomic mass is 10.1. The number of aliphatic carboxylic acids is 1. The van der Waals surface area contributed by atoms with E-state index in [0.717, 1.165) is 0 Å². The molecule has 0 fully saturated rings. The summed E-state index contributed by atoms with van der Waals surface area (Å²) in [5.74, 6) is -1.72. The average molecular weight is 1290 g/mol. The number of carbonyl (C=O) groups excluding carboxylic acids is 2. The van der Waals surface area contributed by atoms with Crippen LogP contribution in [0.5, 0.6) is 0 Å². The molecule has 0 spiro atoms. The average Bonchev–Trinajstić information content (AvgIpc) is 3.52. The van der Waals surface area contributed by atoms with Crippen molar-refractivity contribution in [1.29, 1.82) is 0 Å². The van der Waals surface area contributed by atoms with E-state index in [-0.39, 0.29) is 45.0 Å². The predicted octanol–water partition coefficient (Wildman–Crippen LogP) is 0.280. The van der Waals surface area contributed by atoms with E-state index in [4.69, 9.17) is 114 Å². The minimum Gasteiger partial charge on any atom is -0.480 e. The molecule has 0 aromatic carbocycles. The monoisotopic (exact) mass is 1290 g/mol. The number of unbranched alkanes of at least 4 members (excludes halogenated alkanes) is 1. The number of methoxy groups -OCH3 is 2. The molecule has 1 unspecified atom stereocenters. The smallest absolute Gasteiger partial charge is 0.326 e. The number of nitrogens with one attached hydrogen (secondary N) is 2. The van der Waals surface area contributed by atoms with Crippen LogP contribution in [0.3, 0.4) is 0 Å². The van der Waals surface area contributed by atoms with E-state index in [0.29, 0.717) is 303 Å². The summed E-state index contributed by atoms with van der Waals surface area (Å²) in [6.45, 7) is 21.2. The Morgan fingerprint density at radius 2 is 0.443 bits per heavy atom. The Bertz CT molecular complexity index is 1390. The number of rotatable bonds is 79. The molecule has 0 aliphatic rings. The maximum absolute atomic E-state index is 12.3. The van der Waals surface area contributed by atoms with Crippen LogP contribution < -0.4 is 10.6 Å². The van der Waals surface area contributed by atoms with Crippen LogP contribution in [0.15, 0.2) is 0 Å². The standard InChI is InChI=1S/C58H114N2O28/c1-65-11-13-69-19-21-73-27-29-77-35-37-81-43-45-85-51-53-87-49-47-83-41-39-79-33-31-75-25-23-71-17-15-67-9-6-56(61)59-8-4-3-5-55(58(63)64)60-57(62)7-10-68-16-18-72-24-26-76-32-34-80-40-42-84-48-50-88-54-52-86-46-44-82-38-36-78-30-28-74-22-20-70-14-12-66-2/h55H,3-54H2,1-2H3,(H,59,61)(H,60,62)(H,63,64). The fourth-order valence-electron chi connectivity index (χ4n) is 6.53. The van der Waals surface area contributed by atoms with Gasteiger partial charge in [0.2, 0.25) is 11.8 Å². The molecule has 3 N–H and O–H groups in total. The van der Waals surface area contributed by atoms with Gasteiger partial charge in [-0.25, -0.2) is 4.79 Å². The first-order valence-electron chi connectivity index (χ1n) is 31.0. The van der Waals surface area contributed by atoms with Crippen molar-refractivity contribution in [2.75, 3.05) is 325 Å². The van der Waals surface area contributed by atoms with Gasteiger partial charge in [-0.15, -0.1) is 0 Å². The summed E-state index contributed by atoms with van der Waals surface area (Å²) in [6, 6.07) is -1.04. The van der Waals surface area contributed by atoms with Gasteiger partial charge >= 0.3 is 5.97 Å². The maximum Gasteiger partial charge on any atom is 0.326 e. The van der Waals surface area contributed by atoms with Gasteiger partial charge in [-0.2, -0.15) is 0 Å². The Labute approximate surface area is 523 Å². The topological polar surface area (TPSA) is 317 Å². The van der Waals surface area contributed by atoms with Crippen molar-refractivity contribution in [3.8, 4) is 0 Å². The van der Waals surface area contributed by atoms with Crippen LogP contribution in [-0.2, 0) is 128 Å². The van der Waals surface area contributed by atoms with Gasteiger partial charge in [0.05, 0.1) is 304 Å². The zero-order valence-electron chi connectivity index (χ0n) is 53.3. The SMILES string of the molecule is COCCOCCOCCOCCOCCOCCOCCOCCOCCOCCOCCOCCC(=O)NCCCCC(NC(=O)CCOCCOCCOCCOCCOCCOCCOCCOCCOCCOCCOCCOC)C(=O)O. The van der Waals surface area contributed by atoms with E-state index < -0.39 is 17.9 Å². The molecule has 30 nitrogen and oxygen atoms in total. The third-order valence-electron chi connectivity index (χ3n) is 11.1. The molecule has 30 heteroatoms. The van der Waals surface area contributed by atoms with Crippen LogP contribution in [0.4, 0.5) is 0 Å². The van der Waals surface area contributed by atoms with Crippen molar-refractivity contribution < 1.29 is 133 Å². The van der Waals surface area contributed by atoms with Crippen LogP contribution in [-0.4, -0.2) is 354 Å².